The molecule has 0 unspecified atom stereocenters. The summed E-state index contributed by atoms with van der Waals surface area (Å²) in [6.07, 6.45) is 5.67. The van der Waals surface area contributed by atoms with Crippen molar-refractivity contribution in [3.63, 3.8) is 0 Å². The number of carbonyl (C=O) groups excluding carboxylic acids is 1. The first-order chi connectivity index (χ1) is 11.1. The monoisotopic (exact) mass is 372 g/mol. The molecule has 120 valence electrons. The lowest BCUT2D eigenvalue weighted by molar-refractivity contribution is -0.120. The van der Waals surface area contributed by atoms with Gasteiger partial charge in [0.05, 0.1) is 6.42 Å². The summed E-state index contributed by atoms with van der Waals surface area (Å²) in [4.78, 5) is 16.5. The van der Waals surface area contributed by atoms with Gasteiger partial charge in [-0.2, -0.15) is 0 Å². The third kappa shape index (κ3) is 3.81. The van der Waals surface area contributed by atoms with Crippen LogP contribution in [0.1, 0.15) is 36.1 Å². The summed E-state index contributed by atoms with van der Waals surface area (Å²) < 4.78 is 1.10. The fourth-order valence-corrected chi connectivity index (χ4v) is 3.51. The highest BCUT2D eigenvalue weighted by Crippen LogP contribution is 2.43. The molecule has 0 spiro atoms. The van der Waals surface area contributed by atoms with Crippen LogP contribution in [0.15, 0.2) is 47.1 Å². The number of pyridine rings is 1. The van der Waals surface area contributed by atoms with Crippen molar-refractivity contribution in [1.82, 2.24) is 10.3 Å². The molecule has 4 heteroatoms. The van der Waals surface area contributed by atoms with Gasteiger partial charge in [0, 0.05) is 28.3 Å². The predicted molar refractivity (Wildman–Crippen MR) is 95.4 cm³/mol. The SMILES string of the molecule is Cc1ccc(CC(=O)NCC2(c3cccc(Br)c3)CCC2)cn1. The van der Waals surface area contributed by atoms with Gasteiger partial charge in [-0.25, -0.2) is 0 Å². The van der Waals surface area contributed by atoms with E-state index >= 15 is 0 Å². The second-order valence-electron chi connectivity index (χ2n) is 6.41. The molecule has 1 amide bonds. The number of hydrogen-bond donors (Lipinski definition) is 1. The summed E-state index contributed by atoms with van der Waals surface area (Å²) in [5.74, 6) is 0.0666. The molecule has 0 saturated heterocycles. The van der Waals surface area contributed by atoms with E-state index in [0.717, 1.165) is 28.6 Å². The van der Waals surface area contributed by atoms with Crippen LogP contribution in [0.2, 0.25) is 0 Å². The summed E-state index contributed by atoms with van der Waals surface area (Å²) >= 11 is 3.54. The number of halogens is 1. The molecule has 0 radical (unpaired) electrons. The first kappa shape index (κ1) is 16.2. The van der Waals surface area contributed by atoms with Gasteiger partial charge in [0.15, 0.2) is 0 Å². The lowest BCUT2D eigenvalue weighted by Gasteiger charge is -2.42. The van der Waals surface area contributed by atoms with Gasteiger partial charge in [0.25, 0.3) is 0 Å². The zero-order valence-corrected chi connectivity index (χ0v) is 14.9. The third-order valence-electron chi connectivity index (χ3n) is 4.71. The Hall–Kier alpha value is -1.68. The van der Waals surface area contributed by atoms with Crippen molar-refractivity contribution in [1.29, 1.82) is 0 Å². The van der Waals surface area contributed by atoms with Crippen LogP contribution in [0.3, 0.4) is 0 Å². The van der Waals surface area contributed by atoms with Crippen LogP contribution in [0.5, 0.6) is 0 Å². The zero-order valence-electron chi connectivity index (χ0n) is 13.3. The van der Waals surface area contributed by atoms with Crippen molar-refractivity contribution in [2.45, 2.75) is 38.0 Å². The van der Waals surface area contributed by atoms with Gasteiger partial charge in [-0.3, -0.25) is 9.78 Å². The molecule has 23 heavy (non-hydrogen) atoms. The number of carbonyl (C=O) groups is 1. The van der Waals surface area contributed by atoms with Gasteiger partial charge in [-0.15, -0.1) is 0 Å². The fourth-order valence-electron chi connectivity index (χ4n) is 3.11. The maximum Gasteiger partial charge on any atom is 0.224 e. The Balaban J connectivity index is 1.62. The Morgan fingerprint density at radius 2 is 2.13 bits per heavy atom. The minimum absolute atomic E-state index is 0.0666. The number of nitrogens with one attached hydrogen (secondary N) is 1. The van der Waals surface area contributed by atoms with E-state index < -0.39 is 0 Å². The predicted octanol–water partition coefficient (Wildman–Crippen LogP) is 3.93. The van der Waals surface area contributed by atoms with Gasteiger partial charge < -0.3 is 5.32 Å². The Morgan fingerprint density at radius 1 is 1.30 bits per heavy atom. The molecule has 0 atom stereocenters. The van der Waals surface area contributed by atoms with E-state index in [4.69, 9.17) is 0 Å². The molecule has 1 aliphatic rings. The fraction of sp³-hybridized carbons (Fsp3) is 0.368. The average molecular weight is 373 g/mol. The van der Waals surface area contributed by atoms with Crippen LogP contribution in [0, 0.1) is 6.92 Å². The number of nitrogens with zero attached hydrogens (tertiary/aromatic N) is 1. The van der Waals surface area contributed by atoms with Crippen molar-refractivity contribution < 1.29 is 4.79 Å². The number of amides is 1. The van der Waals surface area contributed by atoms with E-state index in [0.29, 0.717) is 13.0 Å². The van der Waals surface area contributed by atoms with Crippen molar-refractivity contribution in [2.75, 3.05) is 6.54 Å². The van der Waals surface area contributed by atoms with Gasteiger partial charge in [0.2, 0.25) is 5.91 Å². The van der Waals surface area contributed by atoms with Gasteiger partial charge in [-0.05, 0) is 49.1 Å². The van der Waals surface area contributed by atoms with Crippen molar-refractivity contribution in [3.05, 3.63) is 63.9 Å². The van der Waals surface area contributed by atoms with Gasteiger partial charge >= 0.3 is 0 Å². The largest absolute Gasteiger partial charge is 0.355 e. The topological polar surface area (TPSA) is 42.0 Å². The molecule has 1 N–H and O–H groups in total. The van der Waals surface area contributed by atoms with Crippen LogP contribution in [-0.4, -0.2) is 17.4 Å². The molecule has 1 saturated carbocycles. The lowest BCUT2D eigenvalue weighted by Crippen LogP contribution is -2.45. The van der Waals surface area contributed by atoms with Crippen molar-refractivity contribution >= 4 is 21.8 Å². The van der Waals surface area contributed by atoms with Gasteiger partial charge in [0.1, 0.15) is 0 Å². The molecular formula is C19H21BrN2O. The molecule has 1 heterocycles. The average Bonchev–Trinajstić information content (AvgIpc) is 2.49. The first-order valence-corrected chi connectivity index (χ1v) is 8.81. The summed E-state index contributed by atoms with van der Waals surface area (Å²) in [5.41, 5.74) is 3.34. The van der Waals surface area contributed by atoms with E-state index in [1.807, 2.05) is 25.1 Å². The smallest absolute Gasteiger partial charge is 0.224 e. The molecule has 2 aromatic rings. The van der Waals surface area contributed by atoms with Crippen LogP contribution >= 0.6 is 15.9 Å². The highest BCUT2D eigenvalue weighted by Gasteiger charge is 2.38. The highest BCUT2D eigenvalue weighted by atomic mass is 79.9. The first-order valence-electron chi connectivity index (χ1n) is 8.02. The van der Waals surface area contributed by atoms with E-state index in [1.165, 1.54) is 12.0 Å². The van der Waals surface area contributed by atoms with E-state index in [-0.39, 0.29) is 11.3 Å². The molecule has 0 aliphatic heterocycles. The van der Waals surface area contributed by atoms with Crippen LogP contribution in [0.4, 0.5) is 0 Å². The van der Waals surface area contributed by atoms with Gasteiger partial charge in [-0.1, -0.05) is 40.5 Å². The minimum atomic E-state index is 0.0666. The number of aryl methyl sites for hydroxylation is 1. The Kier molecular flexibility index (Phi) is 4.81. The standard InChI is InChI=1S/C19H21BrN2O/c1-14-6-7-15(12-21-14)10-18(23)22-13-19(8-3-9-19)16-4-2-5-17(20)11-16/h2,4-7,11-12H,3,8-10,13H2,1H3,(H,22,23). The van der Waals surface area contributed by atoms with Crippen molar-refractivity contribution in [3.8, 4) is 0 Å². The summed E-state index contributed by atoms with van der Waals surface area (Å²) in [5, 5.41) is 3.12. The number of aromatic nitrogens is 1. The molecule has 3 rings (SSSR count). The number of hydrogen-bond acceptors (Lipinski definition) is 2. The van der Waals surface area contributed by atoms with Crippen LogP contribution in [0.25, 0.3) is 0 Å². The van der Waals surface area contributed by atoms with Crippen molar-refractivity contribution in [2.24, 2.45) is 0 Å². The zero-order chi connectivity index (χ0) is 16.3. The lowest BCUT2D eigenvalue weighted by atomic mass is 9.64. The molecule has 1 aromatic carbocycles. The number of benzene rings is 1. The summed E-state index contributed by atoms with van der Waals surface area (Å²) in [6.45, 7) is 2.66. The molecule has 1 aliphatic carbocycles. The van der Waals surface area contributed by atoms with Crippen LogP contribution in [-0.2, 0) is 16.6 Å². The molecule has 0 bridgehead atoms. The molecule has 1 aromatic heterocycles. The quantitative estimate of drug-likeness (QED) is 0.863. The maximum atomic E-state index is 12.2. The summed E-state index contributed by atoms with van der Waals surface area (Å²) in [7, 11) is 0. The van der Waals surface area contributed by atoms with E-state index in [1.54, 1.807) is 6.20 Å². The summed E-state index contributed by atoms with van der Waals surface area (Å²) in [6, 6.07) is 12.4. The number of rotatable bonds is 5. The second-order valence-corrected chi connectivity index (χ2v) is 7.32. The molecule has 1 fully saturated rings. The minimum Gasteiger partial charge on any atom is -0.355 e. The normalized spacial score (nSPS) is 15.7. The molecule has 3 nitrogen and oxygen atoms in total. The highest BCUT2D eigenvalue weighted by molar-refractivity contribution is 9.10. The van der Waals surface area contributed by atoms with E-state index in [9.17, 15) is 4.79 Å². The Morgan fingerprint density at radius 3 is 2.74 bits per heavy atom. The van der Waals surface area contributed by atoms with Crippen LogP contribution < -0.4 is 5.32 Å². The Bertz CT molecular complexity index is 693. The van der Waals surface area contributed by atoms with E-state index in [2.05, 4.69) is 44.4 Å². The third-order valence-corrected chi connectivity index (χ3v) is 5.20. The second kappa shape index (κ2) is 6.83. The maximum absolute atomic E-state index is 12.2. The molecular weight excluding hydrogens is 352 g/mol. The Labute approximate surface area is 145 Å².